The van der Waals surface area contributed by atoms with Gasteiger partial charge in [0, 0.05) is 6.07 Å². The van der Waals surface area contributed by atoms with E-state index in [2.05, 4.69) is 0 Å². The Labute approximate surface area is 99.7 Å². The molecule has 1 fully saturated rings. The van der Waals surface area contributed by atoms with E-state index in [0.29, 0.717) is 18.2 Å². The van der Waals surface area contributed by atoms with Crippen LogP contribution in [0.2, 0.25) is 0 Å². The summed E-state index contributed by atoms with van der Waals surface area (Å²) in [7, 11) is 0. The number of ether oxygens (including phenoxy) is 1. The molecule has 0 heterocycles. The van der Waals surface area contributed by atoms with Gasteiger partial charge in [-0.1, -0.05) is 6.07 Å². The van der Waals surface area contributed by atoms with Crippen molar-refractivity contribution in [1.82, 2.24) is 0 Å². The Morgan fingerprint density at radius 2 is 2.24 bits per heavy atom. The first kappa shape index (κ1) is 11.9. The van der Waals surface area contributed by atoms with Crippen LogP contribution in [0.1, 0.15) is 18.4 Å². The molecule has 0 radical (unpaired) electrons. The third kappa shape index (κ3) is 2.55. The van der Waals surface area contributed by atoms with Gasteiger partial charge in [0.1, 0.15) is 0 Å². The fourth-order valence-corrected chi connectivity index (χ4v) is 2.01. The number of rotatable bonds is 4. The molecule has 1 aromatic carbocycles. The molecule has 0 atom stereocenters. The highest BCUT2D eigenvalue weighted by atomic mass is 16.6. The summed E-state index contributed by atoms with van der Waals surface area (Å²) in [6, 6.07) is 5.03. The van der Waals surface area contributed by atoms with Crippen molar-refractivity contribution in [2.45, 2.75) is 25.9 Å². The number of nitrogens with zero attached hydrogens (tertiary/aromatic N) is 1. The molecule has 0 aliphatic heterocycles. The van der Waals surface area contributed by atoms with Crippen LogP contribution in [0.4, 0.5) is 5.69 Å². The first-order valence-electron chi connectivity index (χ1n) is 5.72. The van der Waals surface area contributed by atoms with E-state index in [0.717, 1.165) is 18.4 Å². The highest BCUT2D eigenvalue weighted by Crippen LogP contribution is 2.35. The van der Waals surface area contributed by atoms with E-state index in [1.165, 1.54) is 6.07 Å². The molecule has 92 valence electrons. The minimum Gasteiger partial charge on any atom is -0.483 e. The van der Waals surface area contributed by atoms with E-state index in [-0.39, 0.29) is 11.8 Å². The fourth-order valence-electron chi connectivity index (χ4n) is 2.01. The first-order valence-corrected chi connectivity index (χ1v) is 5.72. The Bertz CT molecular complexity index is 428. The summed E-state index contributed by atoms with van der Waals surface area (Å²) in [6.45, 7) is 2.49. The normalized spacial score (nSPS) is 22.9. The van der Waals surface area contributed by atoms with Gasteiger partial charge in [-0.2, -0.15) is 0 Å². The molecule has 1 aromatic rings. The zero-order valence-electron chi connectivity index (χ0n) is 9.76. The van der Waals surface area contributed by atoms with Crippen LogP contribution in [-0.2, 0) is 0 Å². The molecule has 2 rings (SSSR count). The zero-order valence-corrected chi connectivity index (χ0v) is 9.76. The van der Waals surface area contributed by atoms with Gasteiger partial charge in [0.05, 0.1) is 11.0 Å². The molecule has 5 heteroatoms. The Hall–Kier alpha value is -1.62. The average Bonchev–Trinajstić information content (AvgIpc) is 2.24. The highest BCUT2D eigenvalue weighted by Gasteiger charge is 2.31. The van der Waals surface area contributed by atoms with Crippen LogP contribution >= 0.6 is 0 Å². The van der Waals surface area contributed by atoms with Crippen molar-refractivity contribution in [2.75, 3.05) is 6.54 Å². The number of nitro groups is 1. The van der Waals surface area contributed by atoms with E-state index >= 15 is 0 Å². The van der Waals surface area contributed by atoms with Crippen molar-refractivity contribution < 1.29 is 9.66 Å². The lowest BCUT2D eigenvalue weighted by Crippen LogP contribution is -2.37. The minimum atomic E-state index is -0.401. The summed E-state index contributed by atoms with van der Waals surface area (Å²) in [4.78, 5) is 10.5. The lowest BCUT2D eigenvalue weighted by molar-refractivity contribution is -0.386. The largest absolute Gasteiger partial charge is 0.483 e. The molecular formula is C12H16N2O3. The molecule has 5 nitrogen and oxygen atoms in total. The second-order valence-corrected chi connectivity index (χ2v) is 4.54. The van der Waals surface area contributed by atoms with Crippen molar-refractivity contribution in [2.24, 2.45) is 11.7 Å². The predicted molar refractivity (Wildman–Crippen MR) is 64.0 cm³/mol. The maximum atomic E-state index is 10.9. The molecule has 1 saturated carbocycles. The van der Waals surface area contributed by atoms with E-state index < -0.39 is 4.92 Å². The minimum absolute atomic E-state index is 0.0428. The van der Waals surface area contributed by atoms with Crippen molar-refractivity contribution in [3.05, 3.63) is 33.9 Å². The third-order valence-corrected chi connectivity index (χ3v) is 3.13. The summed E-state index contributed by atoms with van der Waals surface area (Å²) in [6.07, 6.45) is 1.85. The quantitative estimate of drug-likeness (QED) is 0.640. The topological polar surface area (TPSA) is 78.4 Å². The van der Waals surface area contributed by atoms with Crippen molar-refractivity contribution in [1.29, 1.82) is 0 Å². The van der Waals surface area contributed by atoms with Gasteiger partial charge in [-0.25, -0.2) is 0 Å². The number of nitro benzene ring substituents is 1. The molecule has 0 bridgehead atoms. The highest BCUT2D eigenvalue weighted by molar-refractivity contribution is 5.48. The molecule has 1 aliphatic rings. The maximum Gasteiger partial charge on any atom is 0.311 e. The number of nitrogens with two attached hydrogens (primary N) is 1. The van der Waals surface area contributed by atoms with E-state index in [4.69, 9.17) is 10.5 Å². The van der Waals surface area contributed by atoms with Gasteiger partial charge in [0.2, 0.25) is 0 Å². The van der Waals surface area contributed by atoms with Gasteiger partial charge >= 0.3 is 5.69 Å². The summed E-state index contributed by atoms with van der Waals surface area (Å²) in [5.41, 5.74) is 6.43. The Balaban J connectivity index is 2.08. The van der Waals surface area contributed by atoms with Crippen LogP contribution in [0, 0.1) is 23.0 Å². The molecule has 0 amide bonds. The monoisotopic (exact) mass is 236 g/mol. The van der Waals surface area contributed by atoms with Crippen LogP contribution in [0.5, 0.6) is 5.75 Å². The van der Waals surface area contributed by atoms with E-state index in [1.54, 1.807) is 6.07 Å². The first-order chi connectivity index (χ1) is 8.10. The standard InChI is InChI=1S/C12H16N2O3/c1-8-2-3-12(11(4-8)14(15)16)17-10-5-9(6-10)7-13/h2-4,9-10H,5-7,13H2,1H3. The molecule has 0 spiro atoms. The Morgan fingerprint density at radius 3 is 2.82 bits per heavy atom. The smallest absolute Gasteiger partial charge is 0.311 e. The van der Waals surface area contributed by atoms with Crippen molar-refractivity contribution >= 4 is 5.69 Å². The number of hydrogen-bond acceptors (Lipinski definition) is 4. The number of benzene rings is 1. The van der Waals surface area contributed by atoms with Crippen molar-refractivity contribution in [3.8, 4) is 5.75 Å². The number of hydrogen-bond donors (Lipinski definition) is 1. The van der Waals surface area contributed by atoms with Gasteiger partial charge in [-0.15, -0.1) is 0 Å². The molecule has 2 N–H and O–H groups in total. The van der Waals surface area contributed by atoms with Crippen LogP contribution in [0.15, 0.2) is 18.2 Å². The number of aryl methyl sites for hydroxylation is 1. The Morgan fingerprint density at radius 1 is 1.53 bits per heavy atom. The summed E-state index contributed by atoms with van der Waals surface area (Å²) in [5, 5.41) is 10.9. The van der Waals surface area contributed by atoms with Gasteiger partial charge in [-0.3, -0.25) is 10.1 Å². The van der Waals surface area contributed by atoms with Crippen LogP contribution < -0.4 is 10.5 Å². The second-order valence-electron chi connectivity index (χ2n) is 4.54. The summed E-state index contributed by atoms with van der Waals surface area (Å²) in [5.74, 6) is 0.866. The maximum absolute atomic E-state index is 10.9. The van der Waals surface area contributed by atoms with Gasteiger partial charge in [-0.05, 0) is 43.9 Å². The molecule has 0 saturated heterocycles. The van der Waals surface area contributed by atoms with Gasteiger partial charge < -0.3 is 10.5 Å². The van der Waals surface area contributed by atoms with Gasteiger partial charge in [0.15, 0.2) is 5.75 Å². The average molecular weight is 236 g/mol. The van der Waals surface area contributed by atoms with Crippen LogP contribution in [-0.4, -0.2) is 17.6 Å². The summed E-state index contributed by atoms with van der Waals surface area (Å²) >= 11 is 0. The third-order valence-electron chi connectivity index (χ3n) is 3.13. The zero-order chi connectivity index (χ0) is 12.4. The molecule has 0 unspecified atom stereocenters. The second kappa shape index (κ2) is 4.71. The molecule has 0 aromatic heterocycles. The van der Waals surface area contributed by atoms with Crippen molar-refractivity contribution in [3.63, 3.8) is 0 Å². The van der Waals surface area contributed by atoms with Crippen LogP contribution in [0.25, 0.3) is 0 Å². The SMILES string of the molecule is Cc1ccc(OC2CC(CN)C2)c([N+](=O)[O-])c1. The molecule has 17 heavy (non-hydrogen) atoms. The Kier molecular flexibility index (Phi) is 3.28. The lowest BCUT2D eigenvalue weighted by Gasteiger charge is -2.34. The molecular weight excluding hydrogens is 220 g/mol. The molecule has 1 aliphatic carbocycles. The lowest BCUT2D eigenvalue weighted by atomic mass is 9.82. The van der Waals surface area contributed by atoms with Crippen LogP contribution in [0.3, 0.4) is 0 Å². The van der Waals surface area contributed by atoms with E-state index in [1.807, 2.05) is 13.0 Å². The van der Waals surface area contributed by atoms with E-state index in [9.17, 15) is 10.1 Å². The predicted octanol–water partition coefficient (Wildman–Crippen LogP) is 2.02. The fraction of sp³-hybridized carbons (Fsp3) is 0.500. The van der Waals surface area contributed by atoms with Gasteiger partial charge in [0.25, 0.3) is 0 Å². The summed E-state index contributed by atoms with van der Waals surface area (Å²) < 4.78 is 5.63.